The fraction of sp³-hybridized carbons (Fsp3) is 0.409. The Morgan fingerprint density at radius 2 is 1.80 bits per heavy atom. The minimum absolute atomic E-state index is 0.133. The van der Waals surface area contributed by atoms with Gasteiger partial charge in [-0.1, -0.05) is 12.5 Å². The van der Waals surface area contributed by atoms with Gasteiger partial charge in [-0.15, -0.1) is 11.8 Å². The molecule has 0 aromatic heterocycles. The number of benzene rings is 2. The van der Waals surface area contributed by atoms with Gasteiger partial charge in [0.25, 0.3) is 0 Å². The highest BCUT2D eigenvalue weighted by Gasteiger charge is 2.26. The molecule has 1 saturated heterocycles. The Kier molecular flexibility index (Phi) is 7.80. The van der Waals surface area contributed by atoms with Crippen LogP contribution >= 0.6 is 11.8 Å². The van der Waals surface area contributed by atoms with Crippen molar-refractivity contribution in [1.82, 2.24) is 4.31 Å². The van der Waals surface area contributed by atoms with E-state index in [1.165, 1.54) is 4.31 Å². The number of nitrogens with zero attached hydrogens (tertiary/aromatic N) is 1. The van der Waals surface area contributed by atoms with Gasteiger partial charge in [-0.2, -0.15) is 4.31 Å². The van der Waals surface area contributed by atoms with Gasteiger partial charge >= 0.3 is 0 Å². The summed E-state index contributed by atoms with van der Waals surface area (Å²) in [6, 6.07) is 12.6. The number of thioether (sulfide) groups is 1. The largest absolute Gasteiger partial charge is 0.497 e. The number of methoxy groups -OCH3 is 1. The third-order valence-corrected chi connectivity index (χ3v) is 8.00. The molecule has 1 aliphatic rings. The van der Waals surface area contributed by atoms with Crippen molar-refractivity contribution in [3.05, 3.63) is 48.0 Å². The van der Waals surface area contributed by atoms with Gasteiger partial charge < -0.3 is 10.1 Å². The lowest BCUT2D eigenvalue weighted by molar-refractivity contribution is -0.115. The highest BCUT2D eigenvalue weighted by molar-refractivity contribution is 7.99. The van der Waals surface area contributed by atoms with Crippen LogP contribution < -0.4 is 10.1 Å². The summed E-state index contributed by atoms with van der Waals surface area (Å²) in [7, 11) is -1.90. The van der Waals surface area contributed by atoms with E-state index in [-0.39, 0.29) is 10.8 Å². The predicted octanol–water partition coefficient (Wildman–Crippen LogP) is 4.30. The van der Waals surface area contributed by atoms with E-state index >= 15 is 0 Å². The summed E-state index contributed by atoms with van der Waals surface area (Å²) in [6.07, 6.45) is 3.18. The number of sulfonamides is 1. The molecule has 6 nitrogen and oxygen atoms in total. The van der Waals surface area contributed by atoms with E-state index in [0.29, 0.717) is 31.0 Å². The van der Waals surface area contributed by atoms with E-state index in [2.05, 4.69) is 5.32 Å². The van der Waals surface area contributed by atoms with Crippen LogP contribution in [0.3, 0.4) is 0 Å². The Morgan fingerprint density at radius 3 is 2.47 bits per heavy atom. The number of hydrogen-bond acceptors (Lipinski definition) is 5. The maximum Gasteiger partial charge on any atom is 0.243 e. The highest BCUT2D eigenvalue weighted by Crippen LogP contribution is 2.26. The SMILES string of the molecule is COc1ccc(SCCC(=O)Nc2cc(S(=O)(=O)N3CCCCC3)ccc2C)cc1. The number of aryl methyl sites for hydroxylation is 1. The molecule has 1 aliphatic heterocycles. The fourth-order valence-electron chi connectivity index (χ4n) is 3.30. The lowest BCUT2D eigenvalue weighted by atomic mass is 10.2. The highest BCUT2D eigenvalue weighted by atomic mass is 32.2. The van der Waals surface area contributed by atoms with Gasteiger partial charge in [0, 0.05) is 35.8 Å². The van der Waals surface area contributed by atoms with Gasteiger partial charge in [0.1, 0.15) is 5.75 Å². The molecule has 0 radical (unpaired) electrons. The van der Waals surface area contributed by atoms with Crippen molar-refractivity contribution in [2.75, 3.05) is 31.3 Å². The van der Waals surface area contributed by atoms with Crippen LogP contribution in [0, 0.1) is 6.92 Å². The van der Waals surface area contributed by atoms with Crippen molar-refractivity contribution < 1.29 is 17.9 Å². The smallest absolute Gasteiger partial charge is 0.243 e. The van der Waals surface area contributed by atoms with Crippen LogP contribution in [-0.4, -0.2) is 44.6 Å². The van der Waals surface area contributed by atoms with E-state index in [9.17, 15) is 13.2 Å². The van der Waals surface area contributed by atoms with E-state index in [1.54, 1.807) is 37.1 Å². The average Bonchev–Trinajstić information content (AvgIpc) is 2.76. The molecule has 1 heterocycles. The predicted molar refractivity (Wildman–Crippen MR) is 121 cm³/mol. The van der Waals surface area contributed by atoms with E-state index in [0.717, 1.165) is 35.5 Å². The van der Waals surface area contributed by atoms with Crippen LogP contribution in [0.25, 0.3) is 0 Å². The molecule has 1 N–H and O–H groups in total. The molecule has 0 aliphatic carbocycles. The molecule has 2 aromatic rings. The average molecular weight is 449 g/mol. The van der Waals surface area contributed by atoms with Crippen LogP contribution in [0.2, 0.25) is 0 Å². The monoisotopic (exact) mass is 448 g/mol. The lowest BCUT2D eigenvalue weighted by Gasteiger charge is -2.26. The van der Waals surface area contributed by atoms with Crippen LogP contribution in [0.15, 0.2) is 52.3 Å². The van der Waals surface area contributed by atoms with Gasteiger partial charge in [-0.25, -0.2) is 8.42 Å². The lowest BCUT2D eigenvalue weighted by Crippen LogP contribution is -2.35. The summed E-state index contributed by atoms with van der Waals surface area (Å²) in [5.41, 5.74) is 1.39. The van der Waals surface area contributed by atoms with Crippen LogP contribution in [0.4, 0.5) is 5.69 Å². The Bertz CT molecular complexity index is 969. The minimum Gasteiger partial charge on any atom is -0.497 e. The molecular formula is C22H28N2O4S2. The number of anilines is 1. The Balaban J connectivity index is 1.59. The zero-order chi connectivity index (χ0) is 21.6. The molecule has 30 heavy (non-hydrogen) atoms. The molecule has 1 fully saturated rings. The second-order valence-corrected chi connectivity index (χ2v) is 10.4. The zero-order valence-electron chi connectivity index (χ0n) is 17.4. The third kappa shape index (κ3) is 5.77. The molecular weight excluding hydrogens is 420 g/mol. The Labute approximate surface area is 183 Å². The van der Waals surface area contributed by atoms with Crippen LogP contribution in [0.5, 0.6) is 5.75 Å². The summed E-state index contributed by atoms with van der Waals surface area (Å²) in [5.74, 6) is 1.29. The maximum atomic E-state index is 12.9. The quantitative estimate of drug-likeness (QED) is 0.610. The molecule has 162 valence electrons. The van der Waals surface area contributed by atoms with Crippen LogP contribution in [-0.2, 0) is 14.8 Å². The fourth-order valence-corrected chi connectivity index (χ4v) is 5.69. The molecule has 0 bridgehead atoms. The Morgan fingerprint density at radius 1 is 1.10 bits per heavy atom. The summed E-state index contributed by atoms with van der Waals surface area (Å²) in [6.45, 7) is 2.97. The van der Waals surface area contributed by atoms with Crippen molar-refractivity contribution in [1.29, 1.82) is 0 Å². The number of carbonyl (C=O) groups excluding carboxylic acids is 1. The molecule has 0 spiro atoms. The number of amides is 1. The van der Waals surface area contributed by atoms with E-state index in [1.807, 2.05) is 31.2 Å². The van der Waals surface area contributed by atoms with Crippen molar-refractivity contribution in [2.45, 2.75) is 42.4 Å². The summed E-state index contributed by atoms with van der Waals surface area (Å²) in [5, 5.41) is 2.87. The normalized spacial score (nSPS) is 15.0. The maximum absolute atomic E-state index is 12.9. The van der Waals surface area contributed by atoms with E-state index in [4.69, 9.17) is 4.74 Å². The standard InChI is InChI=1S/C22H28N2O4S2/c1-17-6-11-20(30(26,27)24-13-4-3-5-14-24)16-21(17)23-22(25)12-15-29-19-9-7-18(28-2)8-10-19/h6-11,16H,3-5,12-15H2,1-2H3,(H,23,25). The first kappa shape index (κ1) is 22.7. The van der Waals surface area contributed by atoms with Crippen molar-refractivity contribution >= 4 is 33.4 Å². The number of carbonyl (C=O) groups is 1. The Hall–Kier alpha value is -2.03. The first-order valence-corrected chi connectivity index (χ1v) is 12.5. The van der Waals surface area contributed by atoms with Gasteiger partial charge in [0.05, 0.1) is 12.0 Å². The summed E-state index contributed by atoms with van der Waals surface area (Å²) >= 11 is 1.59. The second-order valence-electron chi connectivity index (χ2n) is 7.26. The number of nitrogens with one attached hydrogen (secondary N) is 1. The zero-order valence-corrected chi connectivity index (χ0v) is 19.0. The molecule has 0 saturated carbocycles. The molecule has 2 aromatic carbocycles. The van der Waals surface area contributed by atoms with Gasteiger partial charge in [0.2, 0.25) is 15.9 Å². The number of hydrogen-bond donors (Lipinski definition) is 1. The van der Waals surface area contributed by atoms with Crippen molar-refractivity contribution in [2.24, 2.45) is 0 Å². The first-order chi connectivity index (χ1) is 14.4. The number of piperidine rings is 1. The third-order valence-electron chi connectivity index (χ3n) is 5.09. The van der Waals surface area contributed by atoms with Gasteiger partial charge in [-0.05, 0) is 61.7 Å². The first-order valence-electron chi connectivity index (χ1n) is 10.1. The van der Waals surface area contributed by atoms with Gasteiger partial charge in [-0.3, -0.25) is 4.79 Å². The second kappa shape index (κ2) is 10.3. The molecule has 0 unspecified atom stereocenters. The van der Waals surface area contributed by atoms with Gasteiger partial charge in [0.15, 0.2) is 0 Å². The topological polar surface area (TPSA) is 75.7 Å². The minimum atomic E-state index is -3.53. The molecule has 1 amide bonds. The molecule has 0 atom stereocenters. The summed E-state index contributed by atoms with van der Waals surface area (Å²) in [4.78, 5) is 13.7. The van der Waals surface area contributed by atoms with Crippen molar-refractivity contribution in [3.63, 3.8) is 0 Å². The van der Waals surface area contributed by atoms with E-state index < -0.39 is 10.0 Å². The molecule has 3 rings (SSSR count). The summed E-state index contributed by atoms with van der Waals surface area (Å²) < 4.78 is 32.5. The molecule has 8 heteroatoms. The number of ether oxygens (including phenoxy) is 1. The number of rotatable bonds is 8. The van der Waals surface area contributed by atoms with Crippen LogP contribution in [0.1, 0.15) is 31.2 Å². The van der Waals surface area contributed by atoms with Crippen molar-refractivity contribution in [3.8, 4) is 5.75 Å².